The predicted molar refractivity (Wildman–Crippen MR) is 93.4 cm³/mol. The van der Waals surface area contributed by atoms with E-state index in [1.807, 2.05) is 6.92 Å². The third kappa shape index (κ3) is 2.62. The number of amides is 1. The number of anilines is 1. The van der Waals surface area contributed by atoms with E-state index in [0.717, 1.165) is 11.1 Å². The van der Waals surface area contributed by atoms with Crippen LogP contribution in [0.3, 0.4) is 0 Å². The molecule has 0 saturated heterocycles. The van der Waals surface area contributed by atoms with E-state index in [9.17, 15) is 17.8 Å². The number of hydrogen-bond acceptors (Lipinski definition) is 5. The monoisotopic (exact) mass is 375 g/mol. The summed E-state index contributed by atoms with van der Waals surface area (Å²) >= 11 is 0. The topological polar surface area (TPSA) is 102 Å². The molecule has 7 nitrogen and oxygen atoms in total. The van der Waals surface area contributed by atoms with E-state index in [-0.39, 0.29) is 23.8 Å². The van der Waals surface area contributed by atoms with Crippen LogP contribution in [0.15, 0.2) is 29.2 Å². The van der Waals surface area contributed by atoms with Gasteiger partial charge >= 0.3 is 0 Å². The van der Waals surface area contributed by atoms with Crippen LogP contribution in [0.2, 0.25) is 0 Å². The Hall–Kier alpha value is -2.58. The highest BCUT2D eigenvalue weighted by Crippen LogP contribution is 2.45. The molecular weight excluding hydrogens is 358 g/mol. The second-order valence-electron chi connectivity index (χ2n) is 6.46. The van der Waals surface area contributed by atoms with Crippen LogP contribution >= 0.6 is 0 Å². The Bertz CT molecular complexity index is 1040. The molecular formula is C18H17NO6S. The van der Waals surface area contributed by atoms with Crippen molar-refractivity contribution in [2.75, 3.05) is 11.9 Å². The number of ether oxygens (including phenoxy) is 2. The van der Waals surface area contributed by atoms with Gasteiger partial charge in [-0.3, -0.25) is 9.35 Å². The van der Waals surface area contributed by atoms with Crippen molar-refractivity contribution in [1.82, 2.24) is 0 Å². The zero-order chi connectivity index (χ0) is 18.6. The SMILES string of the molecule is Cc1ccc(S(=O)(=O)O)c(C)c1C1COc2ccc3c(c2O1)CC(=O)N3. The smallest absolute Gasteiger partial charge is 0.294 e. The molecule has 0 aromatic heterocycles. The highest BCUT2D eigenvalue weighted by atomic mass is 32.2. The van der Waals surface area contributed by atoms with Gasteiger partial charge in [-0.1, -0.05) is 6.07 Å². The summed E-state index contributed by atoms with van der Waals surface area (Å²) in [6.07, 6.45) is -0.344. The lowest BCUT2D eigenvalue weighted by Crippen LogP contribution is -2.24. The molecule has 26 heavy (non-hydrogen) atoms. The normalized spacial score (nSPS) is 18.4. The molecule has 4 rings (SSSR count). The van der Waals surface area contributed by atoms with Gasteiger partial charge in [-0.2, -0.15) is 8.42 Å². The molecule has 2 aliphatic heterocycles. The van der Waals surface area contributed by atoms with Crippen molar-refractivity contribution in [3.05, 3.63) is 46.5 Å². The zero-order valence-electron chi connectivity index (χ0n) is 14.2. The fourth-order valence-corrected chi connectivity index (χ4v) is 4.34. The van der Waals surface area contributed by atoms with Gasteiger partial charge < -0.3 is 14.8 Å². The third-order valence-electron chi connectivity index (χ3n) is 4.77. The molecule has 1 atom stereocenters. The molecule has 2 heterocycles. The number of nitrogens with one attached hydrogen (secondary N) is 1. The number of hydrogen-bond donors (Lipinski definition) is 2. The fourth-order valence-electron chi connectivity index (χ4n) is 3.60. The average Bonchev–Trinajstić information content (AvgIpc) is 2.94. The number of carbonyl (C=O) groups is 1. The maximum absolute atomic E-state index is 11.7. The van der Waals surface area contributed by atoms with Gasteiger partial charge in [-0.05, 0) is 43.2 Å². The summed E-state index contributed by atoms with van der Waals surface area (Å²) in [6.45, 7) is 3.67. The number of benzene rings is 2. The summed E-state index contributed by atoms with van der Waals surface area (Å²) in [5, 5.41) is 2.77. The minimum atomic E-state index is -4.34. The highest BCUT2D eigenvalue weighted by molar-refractivity contribution is 7.85. The Kier molecular flexibility index (Phi) is 3.71. The largest absolute Gasteiger partial charge is 0.485 e. The van der Waals surface area contributed by atoms with Gasteiger partial charge in [0.1, 0.15) is 6.61 Å². The molecule has 0 aliphatic carbocycles. The van der Waals surface area contributed by atoms with Gasteiger partial charge in [0, 0.05) is 16.8 Å². The van der Waals surface area contributed by atoms with E-state index < -0.39 is 16.2 Å². The first kappa shape index (κ1) is 16.9. The summed E-state index contributed by atoms with van der Waals surface area (Å²) in [7, 11) is -4.34. The van der Waals surface area contributed by atoms with Crippen molar-refractivity contribution in [2.24, 2.45) is 0 Å². The summed E-state index contributed by atoms with van der Waals surface area (Å²) in [4.78, 5) is 11.5. The van der Waals surface area contributed by atoms with Crippen LogP contribution in [0.5, 0.6) is 11.5 Å². The van der Waals surface area contributed by atoms with E-state index in [0.29, 0.717) is 28.3 Å². The Balaban J connectivity index is 1.79. The summed E-state index contributed by atoms with van der Waals surface area (Å²) in [5.74, 6) is 0.936. The molecule has 0 saturated carbocycles. The quantitative estimate of drug-likeness (QED) is 0.782. The fraction of sp³-hybridized carbons (Fsp3) is 0.278. The average molecular weight is 375 g/mol. The zero-order valence-corrected chi connectivity index (χ0v) is 15.0. The molecule has 2 N–H and O–H groups in total. The van der Waals surface area contributed by atoms with Gasteiger partial charge in [0.2, 0.25) is 5.91 Å². The van der Waals surface area contributed by atoms with Crippen molar-refractivity contribution >= 4 is 21.7 Å². The first-order valence-electron chi connectivity index (χ1n) is 8.08. The molecule has 2 aliphatic rings. The summed E-state index contributed by atoms with van der Waals surface area (Å²) in [6, 6.07) is 6.52. The molecule has 8 heteroatoms. The Morgan fingerprint density at radius 3 is 2.69 bits per heavy atom. The standard InChI is InChI=1S/C18H17NO6S/c1-9-3-6-15(26(21,22)23)10(2)17(9)14-8-24-13-5-4-12-11(18(13)25-14)7-16(20)19-12/h3-6,14H,7-8H2,1-2H3,(H,19,20)(H,21,22,23). The van der Waals surface area contributed by atoms with E-state index >= 15 is 0 Å². The maximum atomic E-state index is 11.7. The van der Waals surface area contributed by atoms with Crippen molar-refractivity contribution in [2.45, 2.75) is 31.3 Å². The van der Waals surface area contributed by atoms with E-state index in [2.05, 4.69) is 5.32 Å². The van der Waals surface area contributed by atoms with Gasteiger partial charge in [-0.15, -0.1) is 0 Å². The van der Waals surface area contributed by atoms with Crippen LogP contribution in [0.25, 0.3) is 0 Å². The lowest BCUT2D eigenvalue weighted by molar-refractivity contribution is -0.115. The first-order valence-corrected chi connectivity index (χ1v) is 9.52. The Morgan fingerprint density at radius 1 is 1.19 bits per heavy atom. The molecule has 0 radical (unpaired) electrons. The molecule has 1 unspecified atom stereocenters. The van der Waals surface area contributed by atoms with E-state index in [1.54, 1.807) is 25.1 Å². The van der Waals surface area contributed by atoms with Gasteiger partial charge in [-0.25, -0.2) is 0 Å². The van der Waals surface area contributed by atoms with Crippen LogP contribution in [0.4, 0.5) is 5.69 Å². The van der Waals surface area contributed by atoms with Crippen LogP contribution in [-0.4, -0.2) is 25.5 Å². The van der Waals surface area contributed by atoms with Gasteiger partial charge in [0.25, 0.3) is 10.1 Å². The van der Waals surface area contributed by atoms with Crippen LogP contribution in [0.1, 0.15) is 28.4 Å². The minimum Gasteiger partial charge on any atom is -0.485 e. The minimum absolute atomic E-state index is 0.111. The summed E-state index contributed by atoms with van der Waals surface area (Å²) in [5.41, 5.74) is 3.33. The van der Waals surface area contributed by atoms with Crippen molar-refractivity contribution in [3.8, 4) is 11.5 Å². The van der Waals surface area contributed by atoms with Crippen LogP contribution in [0, 0.1) is 13.8 Å². The Morgan fingerprint density at radius 2 is 1.96 bits per heavy atom. The highest BCUT2D eigenvalue weighted by Gasteiger charge is 2.32. The third-order valence-corrected chi connectivity index (χ3v) is 5.77. The second kappa shape index (κ2) is 5.72. The number of aryl methyl sites for hydroxylation is 1. The summed E-state index contributed by atoms with van der Waals surface area (Å²) < 4.78 is 44.7. The van der Waals surface area contributed by atoms with Crippen molar-refractivity contribution < 1.29 is 27.2 Å². The molecule has 2 aromatic carbocycles. The van der Waals surface area contributed by atoms with E-state index in [4.69, 9.17) is 9.47 Å². The molecule has 0 fully saturated rings. The number of carbonyl (C=O) groups excluding carboxylic acids is 1. The molecule has 0 spiro atoms. The predicted octanol–water partition coefficient (Wildman–Crippen LogP) is 2.56. The lowest BCUT2D eigenvalue weighted by atomic mass is 9.97. The maximum Gasteiger partial charge on any atom is 0.294 e. The molecule has 1 amide bonds. The van der Waals surface area contributed by atoms with Crippen LogP contribution in [-0.2, 0) is 21.3 Å². The second-order valence-corrected chi connectivity index (χ2v) is 7.85. The Labute approximate surface area is 150 Å². The number of fused-ring (bicyclic) bond motifs is 3. The molecule has 0 bridgehead atoms. The lowest BCUT2D eigenvalue weighted by Gasteiger charge is -2.30. The van der Waals surface area contributed by atoms with Crippen LogP contribution < -0.4 is 14.8 Å². The first-order chi connectivity index (χ1) is 12.3. The van der Waals surface area contributed by atoms with Gasteiger partial charge in [0.15, 0.2) is 17.6 Å². The molecule has 2 aromatic rings. The number of rotatable bonds is 2. The van der Waals surface area contributed by atoms with E-state index in [1.165, 1.54) is 6.07 Å². The van der Waals surface area contributed by atoms with Crippen molar-refractivity contribution in [3.63, 3.8) is 0 Å². The van der Waals surface area contributed by atoms with Crippen molar-refractivity contribution in [1.29, 1.82) is 0 Å². The molecule has 136 valence electrons. The van der Waals surface area contributed by atoms with Gasteiger partial charge in [0.05, 0.1) is 11.3 Å².